The van der Waals surface area contributed by atoms with E-state index in [1.165, 1.54) is 0 Å². The lowest BCUT2D eigenvalue weighted by Gasteiger charge is -1.69. The van der Waals surface area contributed by atoms with Crippen LogP contribution in [0.15, 0.2) is 10.4 Å². The molecule has 0 rings (SSSR count). The van der Waals surface area contributed by atoms with Crippen molar-refractivity contribution in [2.75, 3.05) is 0 Å². The molecule has 0 aromatic rings. The van der Waals surface area contributed by atoms with Crippen molar-refractivity contribution in [2.45, 2.75) is 6.92 Å². The highest BCUT2D eigenvalue weighted by atomic mass is 35.5. The molecular weight excluding hydrogens is 104 g/mol. The van der Waals surface area contributed by atoms with Crippen LogP contribution in [0.25, 0.3) is 0 Å². The molecule has 0 aromatic heterocycles. The molecule has 0 spiro atoms. The van der Waals surface area contributed by atoms with Crippen molar-refractivity contribution in [1.82, 2.24) is 0 Å². The lowest BCUT2D eigenvalue weighted by molar-refractivity contribution is 1.77. The van der Waals surface area contributed by atoms with Gasteiger partial charge in [0.2, 0.25) is 0 Å². The van der Waals surface area contributed by atoms with Gasteiger partial charge >= 0.3 is 0 Å². The van der Waals surface area contributed by atoms with E-state index in [1.54, 1.807) is 6.08 Å². The summed E-state index contributed by atoms with van der Waals surface area (Å²) in [6.07, 6.45) is 1.71. The van der Waals surface area contributed by atoms with Crippen LogP contribution < -0.4 is 0 Å². The number of allylic oxidation sites excluding steroid dienone is 1. The normalized spacial score (nSPS) is 12.2. The van der Waals surface area contributed by atoms with Crippen LogP contribution in [0.2, 0.25) is 0 Å². The Balaban J connectivity index is 3.14. The van der Waals surface area contributed by atoms with Crippen molar-refractivity contribution in [3.8, 4) is 0 Å². The van der Waals surface area contributed by atoms with Gasteiger partial charge in [-0.2, -0.15) is 0 Å². The molecule has 0 aliphatic heterocycles. The van der Waals surface area contributed by atoms with Crippen LogP contribution in [0.5, 0.6) is 0 Å². The Hall–Kier alpha value is 0.380. The highest BCUT2D eigenvalue weighted by Gasteiger charge is 1.65. The van der Waals surface area contributed by atoms with E-state index in [-0.39, 0.29) is 0 Å². The van der Waals surface area contributed by atoms with Crippen LogP contribution in [0.4, 0.5) is 0 Å². The van der Waals surface area contributed by atoms with Gasteiger partial charge in [0, 0.05) is 0 Å². The second kappa shape index (κ2) is 2.61. The Morgan fingerprint density at radius 1 is 2.00 bits per heavy atom. The molecule has 0 aliphatic rings. The highest BCUT2D eigenvalue weighted by molar-refractivity contribution is 7.86. The second-order valence-electron chi connectivity index (χ2n) is 0.611. The zero-order valence-corrected chi connectivity index (χ0v) is 4.55. The van der Waals surface area contributed by atoms with Crippen molar-refractivity contribution in [1.29, 1.82) is 0 Å². The minimum absolute atomic E-state index is 0.546. The molecule has 0 saturated heterocycles. The summed E-state index contributed by atoms with van der Waals surface area (Å²) >= 11 is 8.91. The fraction of sp³-hybridized carbons (Fsp3) is 0.333. The van der Waals surface area contributed by atoms with Gasteiger partial charge < -0.3 is 0 Å². The molecule has 0 radical (unpaired) electrons. The molecular formula is C3H5ClS. The van der Waals surface area contributed by atoms with Gasteiger partial charge in [-0.15, -0.1) is 12.6 Å². The molecule has 0 heterocycles. The standard InChI is InChI=1S/C3H5ClS/c1-2-3(4)5/h2,5H,1H3. The molecule has 0 unspecified atom stereocenters. The van der Waals surface area contributed by atoms with Crippen LogP contribution in [0, 0.1) is 0 Å². The molecule has 0 N–H and O–H groups in total. The molecule has 0 fully saturated rings. The lowest BCUT2D eigenvalue weighted by Crippen LogP contribution is -1.38. The number of thiol groups is 1. The van der Waals surface area contributed by atoms with Crippen LogP contribution >= 0.6 is 24.2 Å². The maximum Gasteiger partial charge on any atom is 0.0661 e. The molecule has 0 amide bonds. The monoisotopic (exact) mass is 108 g/mol. The number of rotatable bonds is 0. The van der Waals surface area contributed by atoms with E-state index in [0.717, 1.165) is 0 Å². The average Bonchev–Trinajstić information content (AvgIpc) is 1.38. The first kappa shape index (κ1) is 5.38. The van der Waals surface area contributed by atoms with Gasteiger partial charge in [-0.25, -0.2) is 0 Å². The van der Waals surface area contributed by atoms with Gasteiger partial charge in [-0.05, 0) is 6.92 Å². The Bertz CT molecular complexity index is 44.9. The summed E-state index contributed by atoms with van der Waals surface area (Å²) in [6.45, 7) is 1.83. The van der Waals surface area contributed by atoms with Crippen molar-refractivity contribution in [3.63, 3.8) is 0 Å². The Morgan fingerprint density at radius 2 is 2.20 bits per heavy atom. The fourth-order valence-corrected chi connectivity index (χ4v) is 0. The van der Waals surface area contributed by atoms with Crippen LogP contribution in [0.1, 0.15) is 6.92 Å². The largest absolute Gasteiger partial charge is 0.132 e. The van der Waals surface area contributed by atoms with Crippen molar-refractivity contribution < 1.29 is 0 Å². The zero-order chi connectivity index (χ0) is 4.28. The SMILES string of the molecule is CC=C(S)Cl. The van der Waals surface area contributed by atoms with E-state index in [4.69, 9.17) is 11.6 Å². The van der Waals surface area contributed by atoms with Crippen molar-refractivity contribution >= 4 is 24.2 Å². The van der Waals surface area contributed by atoms with E-state index >= 15 is 0 Å². The van der Waals surface area contributed by atoms with Gasteiger partial charge in [0.1, 0.15) is 0 Å². The number of hydrogen-bond acceptors (Lipinski definition) is 1. The molecule has 0 bridgehead atoms. The number of hydrogen-bond donors (Lipinski definition) is 1. The van der Waals surface area contributed by atoms with Gasteiger partial charge in [-0.1, -0.05) is 17.7 Å². The zero-order valence-electron chi connectivity index (χ0n) is 2.90. The summed E-state index contributed by atoms with van der Waals surface area (Å²) < 4.78 is 0.546. The van der Waals surface area contributed by atoms with Crippen LogP contribution in [-0.2, 0) is 0 Å². The Morgan fingerprint density at radius 3 is 2.20 bits per heavy atom. The smallest absolute Gasteiger partial charge is 0.0661 e. The molecule has 0 aliphatic carbocycles. The van der Waals surface area contributed by atoms with E-state index in [1.807, 2.05) is 6.92 Å². The molecule has 0 nitrogen and oxygen atoms in total. The number of halogens is 1. The van der Waals surface area contributed by atoms with Gasteiger partial charge in [0.15, 0.2) is 0 Å². The summed E-state index contributed by atoms with van der Waals surface area (Å²) in [6, 6.07) is 0. The molecule has 30 valence electrons. The third-order valence-corrected chi connectivity index (χ3v) is 0.715. The Kier molecular flexibility index (Phi) is 2.81. The molecule has 0 atom stereocenters. The molecule has 2 heteroatoms. The van der Waals surface area contributed by atoms with Crippen LogP contribution in [0.3, 0.4) is 0 Å². The van der Waals surface area contributed by atoms with E-state index in [9.17, 15) is 0 Å². The van der Waals surface area contributed by atoms with Gasteiger partial charge in [0.05, 0.1) is 4.36 Å². The Labute approximate surface area is 42.2 Å². The van der Waals surface area contributed by atoms with Gasteiger partial charge in [-0.3, -0.25) is 0 Å². The quantitative estimate of drug-likeness (QED) is 0.451. The van der Waals surface area contributed by atoms with E-state index in [2.05, 4.69) is 12.6 Å². The first-order chi connectivity index (χ1) is 2.27. The predicted molar refractivity (Wildman–Crippen MR) is 28.6 cm³/mol. The average molecular weight is 109 g/mol. The summed E-state index contributed by atoms with van der Waals surface area (Å²) in [5, 5.41) is 0. The minimum Gasteiger partial charge on any atom is -0.132 e. The maximum absolute atomic E-state index is 5.19. The molecule has 0 saturated carbocycles. The maximum atomic E-state index is 5.19. The predicted octanol–water partition coefficient (Wildman–Crippen LogP) is 2.02. The van der Waals surface area contributed by atoms with Crippen molar-refractivity contribution in [3.05, 3.63) is 10.4 Å². The highest BCUT2D eigenvalue weighted by Crippen LogP contribution is 2.02. The molecule has 0 aromatic carbocycles. The van der Waals surface area contributed by atoms with Crippen LogP contribution in [-0.4, -0.2) is 0 Å². The van der Waals surface area contributed by atoms with E-state index in [0.29, 0.717) is 4.36 Å². The fourth-order valence-electron chi connectivity index (χ4n) is 0. The molecule has 5 heavy (non-hydrogen) atoms. The summed E-state index contributed by atoms with van der Waals surface area (Å²) in [7, 11) is 0. The van der Waals surface area contributed by atoms with Gasteiger partial charge in [0.25, 0.3) is 0 Å². The van der Waals surface area contributed by atoms with E-state index < -0.39 is 0 Å². The third kappa shape index (κ3) is 4.38. The summed E-state index contributed by atoms with van der Waals surface area (Å²) in [5.41, 5.74) is 0. The second-order valence-corrected chi connectivity index (χ2v) is 1.76. The minimum atomic E-state index is 0.546. The van der Waals surface area contributed by atoms with Crippen molar-refractivity contribution in [2.24, 2.45) is 0 Å². The first-order valence-electron chi connectivity index (χ1n) is 1.28. The lowest BCUT2D eigenvalue weighted by atomic mass is 10.8. The topological polar surface area (TPSA) is 0 Å². The third-order valence-electron chi connectivity index (χ3n) is 0.238. The summed E-state index contributed by atoms with van der Waals surface area (Å²) in [4.78, 5) is 0. The summed E-state index contributed by atoms with van der Waals surface area (Å²) in [5.74, 6) is 0. The first-order valence-corrected chi connectivity index (χ1v) is 2.10.